The predicted molar refractivity (Wildman–Crippen MR) is 81.8 cm³/mol. The second kappa shape index (κ2) is 7.97. The summed E-state index contributed by atoms with van der Waals surface area (Å²) in [4.78, 5) is 13.0. The Morgan fingerprint density at radius 3 is 2.76 bits per heavy atom. The molecule has 1 saturated heterocycles. The molecule has 2 heterocycles. The standard InChI is InChI=1S/C14H25N5O2/c1-4-7-21-14-18-12(15-5-2)17-13(19-14)16-10(3)11-6-8-20-9-11/h10-11H,4-9H2,1-3H3,(H2,15,16,17,18,19). The third kappa shape index (κ3) is 4.70. The number of rotatable bonds is 8. The van der Waals surface area contributed by atoms with Crippen LogP contribution in [0.25, 0.3) is 0 Å². The molecule has 2 unspecified atom stereocenters. The van der Waals surface area contributed by atoms with Gasteiger partial charge in [0.1, 0.15) is 0 Å². The molecule has 0 saturated carbocycles. The van der Waals surface area contributed by atoms with Gasteiger partial charge in [0, 0.05) is 25.1 Å². The minimum Gasteiger partial charge on any atom is -0.463 e. The molecular formula is C14H25N5O2. The quantitative estimate of drug-likeness (QED) is 0.758. The van der Waals surface area contributed by atoms with E-state index in [0.29, 0.717) is 30.4 Å². The van der Waals surface area contributed by atoms with Crippen molar-refractivity contribution < 1.29 is 9.47 Å². The van der Waals surface area contributed by atoms with Gasteiger partial charge in [-0.15, -0.1) is 0 Å². The van der Waals surface area contributed by atoms with Crippen molar-refractivity contribution in [2.45, 2.75) is 39.7 Å². The van der Waals surface area contributed by atoms with Gasteiger partial charge in [0.05, 0.1) is 13.2 Å². The van der Waals surface area contributed by atoms with Crippen LogP contribution in [-0.4, -0.2) is 47.4 Å². The van der Waals surface area contributed by atoms with Crippen LogP contribution in [0.5, 0.6) is 6.01 Å². The van der Waals surface area contributed by atoms with E-state index >= 15 is 0 Å². The molecule has 0 amide bonds. The van der Waals surface area contributed by atoms with Gasteiger partial charge in [-0.2, -0.15) is 15.0 Å². The first-order valence-corrected chi connectivity index (χ1v) is 7.70. The largest absolute Gasteiger partial charge is 0.463 e. The van der Waals surface area contributed by atoms with Crippen LogP contribution in [0.2, 0.25) is 0 Å². The molecule has 0 bridgehead atoms. The first-order valence-electron chi connectivity index (χ1n) is 7.70. The average Bonchev–Trinajstić information content (AvgIpc) is 2.99. The summed E-state index contributed by atoms with van der Waals surface area (Å²) in [5.74, 6) is 1.58. The van der Waals surface area contributed by atoms with E-state index < -0.39 is 0 Å². The molecule has 2 rings (SSSR count). The van der Waals surface area contributed by atoms with Crippen LogP contribution in [0.3, 0.4) is 0 Å². The fraction of sp³-hybridized carbons (Fsp3) is 0.786. The van der Waals surface area contributed by atoms with Gasteiger partial charge in [-0.05, 0) is 26.7 Å². The number of nitrogens with one attached hydrogen (secondary N) is 2. The molecule has 2 N–H and O–H groups in total. The van der Waals surface area contributed by atoms with Gasteiger partial charge in [-0.1, -0.05) is 6.92 Å². The van der Waals surface area contributed by atoms with Gasteiger partial charge in [-0.25, -0.2) is 0 Å². The van der Waals surface area contributed by atoms with E-state index in [1.165, 1.54) is 0 Å². The fourth-order valence-corrected chi connectivity index (χ4v) is 2.18. The Kier molecular flexibility index (Phi) is 5.98. The Balaban J connectivity index is 2.06. The topological polar surface area (TPSA) is 81.2 Å². The minimum absolute atomic E-state index is 0.253. The van der Waals surface area contributed by atoms with Gasteiger partial charge < -0.3 is 20.1 Å². The lowest BCUT2D eigenvalue weighted by molar-refractivity contribution is 0.183. The van der Waals surface area contributed by atoms with Gasteiger partial charge in [0.25, 0.3) is 0 Å². The van der Waals surface area contributed by atoms with Gasteiger partial charge in [0.2, 0.25) is 11.9 Å². The molecule has 21 heavy (non-hydrogen) atoms. The highest BCUT2D eigenvalue weighted by Crippen LogP contribution is 2.20. The van der Waals surface area contributed by atoms with E-state index in [1.807, 2.05) is 13.8 Å². The normalized spacial score (nSPS) is 19.3. The third-order valence-corrected chi connectivity index (χ3v) is 3.41. The molecule has 118 valence electrons. The minimum atomic E-state index is 0.253. The maximum Gasteiger partial charge on any atom is 0.323 e. The average molecular weight is 295 g/mol. The summed E-state index contributed by atoms with van der Waals surface area (Å²) in [5, 5.41) is 6.44. The van der Waals surface area contributed by atoms with Crippen molar-refractivity contribution in [1.82, 2.24) is 15.0 Å². The summed E-state index contributed by atoms with van der Waals surface area (Å²) >= 11 is 0. The van der Waals surface area contributed by atoms with Crippen LogP contribution in [0, 0.1) is 5.92 Å². The molecule has 2 atom stereocenters. The van der Waals surface area contributed by atoms with E-state index in [1.54, 1.807) is 0 Å². The third-order valence-electron chi connectivity index (χ3n) is 3.41. The van der Waals surface area contributed by atoms with E-state index in [9.17, 15) is 0 Å². The Labute approximate surface area is 125 Å². The van der Waals surface area contributed by atoms with Crippen LogP contribution in [-0.2, 0) is 4.74 Å². The summed E-state index contributed by atoms with van der Waals surface area (Å²) in [6.45, 7) is 9.15. The van der Waals surface area contributed by atoms with Crippen LogP contribution in [0.4, 0.5) is 11.9 Å². The number of hydrogen-bond acceptors (Lipinski definition) is 7. The summed E-state index contributed by atoms with van der Waals surface area (Å²) in [6, 6.07) is 0.614. The zero-order chi connectivity index (χ0) is 15.1. The highest BCUT2D eigenvalue weighted by atomic mass is 16.5. The summed E-state index contributed by atoms with van der Waals surface area (Å²) < 4.78 is 10.9. The van der Waals surface area contributed by atoms with Gasteiger partial charge >= 0.3 is 6.01 Å². The molecule has 0 radical (unpaired) electrons. The number of anilines is 2. The zero-order valence-electron chi connectivity index (χ0n) is 13.1. The molecular weight excluding hydrogens is 270 g/mol. The summed E-state index contributed by atoms with van der Waals surface area (Å²) in [5.41, 5.74) is 0. The molecule has 1 aromatic rings. The van der Waals surface area contributed by atoms with Crippen molar-refractivity contribution in [3.8, 4) is 6.01 Å². The number of nitrogens with zero attached hydrogens (tertiary/aromatic N) is 3. The Morgan fingerprint density at radius 2 is 2.10 bits per heavy atom. The van der Waals surface area contributed by atoms with Crippen molar-refractivity contribution in [3.05, 3.63) is 0 Å². The molecule has 1 aromatic heterocycles. The summed E-state index contributed by atoms with van der Waals surface area (Å²) in [7, 11) is 0. The Bertz CT molecular complexity index is 437. The number of hydrogen-bond donors (Lipinski definition) is 2. The van der Waals surface area contributed by atoms with Gasteiger partial charge in [-0.3, -0.25) is 0 Å². The van der Waals surface area contributed by atoms with E-state index in [2.05, 4.69) is 32.5 Å². The predicted octanol–water partition coefficient (Wildman–Crippen LogP) is 1.93. The smallest absolute Gasteiger partial charge is 0.323 e. The molecule has 1 fully saturated rings. The fourth-order valence-electron chi connectivity index (χ4n) is 2.18. The molecule has 0 aromatic carbocycles. The molecule has 0 aliphatic carbocycles. The van der Waals surface area contributed by atoms with Crippen molar-refractivity contribution >= 4 is 11.9 Å². The second-order valence-corrected chi connectivity index (χ2v) is 5.20. The molecule has 1 aliphatic heterocycles. The van der Waals surface area contributed by atoms with E-state index in [4.69, 9.17) is 9.47 Å². The van der Waals surface area contributed by atoms with Crippen molar-refractivity contribution in [2.24, 2.45) is 5.92 Å². The zero-order valence-corrected chi connectivity index (χ0v) is 13.1. The first-order chi connectivity index (χ1) is 10.2. The second-order valence-electron chi connectivity index (χ2n) is 5.20. The van der Waals surface area contributed by atoms with Crippen LogP contribution < -0.4 is 15.4 Å². The number of aromatic nitrogens is 3. The molecule has 7 nitrogen and oxygen atoms in total. The molecule has 0 spiro atoms. The summed E-state index contributed by atoms with van der Waals surface area (Å²) in [6.07, 6.45) is 1.99. The van der Waals surface area contributed by atoms with Crippen molar-refractivity contribution in [2.75, 3.05) is 37.0 Å². The van der Waals surface area contributed by atoms with Crippen LogP contribution >= 0.6 is 0 Å². The van der Waals surface area contributed by atoms with Crippen LogP contribution in [0.15, 0.2) is 0 Å². The first kappa shape index (κ1) is 15.8. The monoisotopic (exact) mass is 295 g/mol. The molecule has 1 aliphatic rings. The Hall–Kier alpha value is -1.63. The van der Waals surface area contributed by atoms with Crippen LogP contribution in [0.1, 0.15) is 33.6 Å². The maximum absolute atomic E-state index is 5.52. The van der Waals surface area contributed by atoms with E-state index in [-0.39, 0.29) is 6.04 Å². The Morgan fingerprint density at radius 1 is 1.29 bits per heavy atom. The van der Waals surface area contributed by atoms with E-state index in [0.717, 1.165) is 32.6 Å². The maximum atomic E-state index is 5.52. The molecule has 7 heteroatoms. The SMILES string of the molecule is CCCOc1nc(NCC)nc(NC(C)C2CCOC2)n1. The highest BCUT2D eigenvalue weighted by molar-refractivity contribution is 5.36. The van der Waals surface area contributed by atoms with Crippen molar-refractivity contribution in [1.29, 1.82) is 0 Å². The lowest BCUT2D eigenvalue weighted by Gasteiger charge is -2.19. The lowest BCUT2D eigenvalue weighted by atomic mass is 10.0. The van der Waals surface area contributed by atoms with Gasteiger partial charge in [0.15, 0.2) is 0 Å². The lowest BCUT2D eigenvalue weighted by Crippen LogP contribution is -2.27. The van der Waals surface area contributed by atoms with Crippen molar-refractivity contribution in [3.63, 3.8) is 0 Å². The number of ether oxygens (including phenoxy) is 2. The highest BCUT2D eigenvalue weighted by Gasteiger charge is 2.23.